The van der Waals surface area contributed by atoms with Crippen molar-refractivity contribution in [1.82, 2.24) is 0 Å². The number of carbonyl (C=O) groups is 1. The van der Waals surface area contributed by atoms with Crippen LogP contribution in [0.25, 0.3) is 0 Å². The molecule has 8 heavy (non-hydrogen) atoms. The highest BCUT2D eigenvalue weighted by Crippen LogP contribution is 2.08. The summed E-state index contributed by atoms with van der Waals surface area (Å²) in [6.07, 6.45) is 0. The average molecular weight is 132 g/mol. The maximum Gasteiger partial charge on any atom is 0.142 e. The minimum atomic E-state index is -0.0741. The minimum absolute atomic E-state index is 0.0741. The van der Waals surface area contributed by atoms with Gasteiger partial charge < -0.3 is 0 Å². The molecule has 2 heteroatoms. The monoisotopic (exact) mass is 132 g/mol. The Morgan fingerprint density at radius 2 is 1.88 bits per heavy atom. The van der Waals surface area contributed by atoms with Gasteiger partial charge in [-0.25, -0.2) is 0 Å². The van der Waals surface area contributed by atoms with E-state index < -0.39 is 0 Å². The lowest BCUT2D eigenvalue weighted by molar-refractivity contribution is -0.117. The van der Waals surface area contributed by atoms with Gasteiger partial charge in [-0.1, -0.05) is 13.8 Å². The van der Waals surface area contributed by atoms with E-state index in [0.717, 1.165) is 0 Å². The van der Waals surface area contributed by atoms with Gasteiger partial charge >= 0.3 is 0 Å². The van der Waals surface area contributed by atoms with Crippen LogP contribution in [0, 0.1) is 5.92 Å². The molecule has 0 amide bonds. The van der Waals surface area contributed by atoms with Crippen molar-refractivity contribution in [1.29, 1.82) is 0 Å². The van der Waals surface area contributed by atoms with Crippen molar-refractivity contribution in [2.75, 3.05) is 0 Å². The number of rotatable bonds is 2. The second kappa shape index (κ2) is 3.13. The van der Waals surface area contributed by atoms with E-state index in [1.54, 1.807) is 6.92 Å². The average Bonchev–Trinajstić information content (AvgIpc) is 1.64. The molecular formula is C6H12OS. The molecular weight excluding hydrogens is 120 g/mol. The fraction of sp³-hybridized carbons (Fsp3) is 0.833. The second-order valence-electron chi connectivity index (χ2n) is 2.30. The van der Waals surface area contributed by atoms with Gasteiger partial charge in [-0.2, -0.15) is 12.6 Å². The molecule has 0 rings (SSSR count). The van der Waals surface area contributed by atoms with E-state index in [0.29, 0.717) is 5.92 Å². The summed E-state index contributed by atoms with van der Waals surface area (Å²) in [6, 6.07) is 0. The molecule has 0 spiro atoms. The van der Waals surface area contributed by atoms with Gasteiger partial charge in [0.15, 0.2) is 0 Å². The van der Waals surface area contributed by atoms with Gasteiger partial charge in [0.25, 0.3) is 0 Å². The predicted molar refractivity (Wildman–Crippen MR) is 38.3 cm³/mol. The molecule has 0 fully saturated rings. The second-order valence-corrected chi connectivity index (χ2v) is 2.86. The molecule has 0 aromatic heterocycles. The van der Waals surface area contributed by atoms with Crippen molar-refractivity contribution in [3.8, 4) is 0 Å². The van der Waals surface area contributed by atoms with Crippen LogP contribution >= 0.6 is 12.6 Å². The maximum atomic E-state index is 10.5. The van der Waals surface area contributed by atoms with Gasteiger partial charge in [0, 0.05) is 0 Å². The zero-order chi connectivity index (χ0) is 6.73. The van der Waals surface area contributed by atoms with Crippen LogP contribution in [0.5, 0.6) is 0 Å². The topological polar surface area (TPSA) is 17.1 Å². The lowest BCUT2D eigenvalue weighted by atomic mass is 10.1. The Balaban J connectivity index is 3.64. The molecule has 0 aromatic rings. The number of hydrogen-bond acceptors (Lipinski definition) is 2. The first-order chi connectivity index (χ1) is 3.55. The molecule has 0 saturated carbocycles. The quantitative estimate of drug-likeness (QED) is 0.564. The summed E-state index contributed by atoms with van der Waals surface area (Å²) in [5, 5.41) is -0.0741. The van der Waals surface area contributed by atoms with Crippen LogP contribution in [0.1, 0.15) is 20.8 Å². The molecule has 0 aromatic carbocycles. The number of thiol groups is 1. The molecule has 1 nitrogen and oxygen atoms in total. The normalized spacial score (nSPS) is 14.1. The minimum Gasteiger partial charge on any atom is -0.299 e. The summed E-state index contributed by atoms with van der Waals surface area (Å²) in [5.41, 5.74) is 0. The van der Waals surface area contributed by atoms with E-state index in [4.69, 9.17) is 0 Å². The third-order valence-corrected chi connectivity index (χ3v) is 2.01. The van der Waals surface area contributed by atoms with E-state index in [1.807, 2.05) is 13.8 Å². The highest BCUT2D eigenvalue weighted by Gasteiger charge is 2.11. The molecule has 0 N–H and O–H groups in total. The Morgan fingerprint density at radius 3 is 1.88 bits per heavy atom. The van der Waals surface area contributed by atoms with E-state index in [9.17, 15) is 4.79 Å². The smallest absolute Gasteiger partial charge is 0.142 e. The molecule has 0 aliphatic heterocycles. The van der Waals surface area contributed by atoms with Crippen LogP contribution in [-0.2, 0) is 4.79 Å². The van der Waals surface area contributed by atoms with Crippen molar-refractivity contribution in [2.24, 2.45) is 5.92 Å². The molecule has 0 aliphatic rings. The van der Waals surface area contributed by atoms with Gasteiger partial charge in [0.1, 0.15) is 5.78 Å². The van der Waals surface area contributed by atoms with E-state index >= 15 is 0 Å². The van der Waals surface area contributed by atoms with Crippen molar-refractivity contribution in [3.05, 3.63) is 0 Å². The third kappa shape index (κ3) is 2.36. The molecule has 0 saturated heterocycles. The Labute approximate surface area is 55.9 Å². The van der Waals surface area contributed by atoms with Crippen LogP contribution < -0.4 is 0 Å². The van der Waals surface area contributed by atoms with Gasteiger partial charge in [0.2, 0.25) is 0 Å². The van der Waals surface area contributed by atoms with Crippen molar-refractivity contribution < 1.29 is 4.79 Å². The first-order valence-electron chi connectivity index (χ1n) is 2.74. The Morgan fingerprint density at radius 1 is 1.50 bits per heavy atom. The van der Waals surface area contributed by atoms with Crippen molar-refractivity contribution in [3.63, 3.8) is 0 Å². The molecule has 0 heterocycles. The summed E-state index contributed by atoms with van der Waals surface area (Å²) >= 11 is 4.07. The van der Waals surface area contributed by atoms with Crippen LogP contribution in [0.2, 0.25) is 0 Å². The van der Waals surface area contributed by atoms with Crippen LogP contribution in [0.3, 0.4) is 0 Å². The number of carbonyl (C=O) groups excluding carboxylic acids is 1. The van der Waals surface area contributed by atoms with Crippen LogP contribution in [0.15, 0.2) is 0 Å². The molecule has 0 aliphatic carbocycles. The summed E-state index contributed by atoms with van der Waals surface area (Å²) in [5.74, 6) is 0.513. The SMILES string of the molecule is CC(=O)[C@@H](S)C(C)C. The number of hydrogen-bond donors (Lipinski definition) is 1. The van der Waals surface area contributed by atoms with Crippen LogP contribution in [-0.4, -0.2) is 11.0 Å². The van der Waals surface area contributed by atoms with Gasteiger partial charge in [0.05, 0.1) is 5.25 Å². The molecule has 0 unspecified atom stereocenters. The van der Waals surface area contributed by atoms with Crippen molar-refractivity contribution >= 4 is 18.4 Å². The maximum absolute atomic E-state index is 10.5. The summed E-state index contributed by atoms with van der Waals surface area (Å²) < 4.78 is 0. The largest absolute Gasteiger partial charge is 0.299 e. The highest BCUT2D eigenvalue weighted by atomic mass is 32.1. The lowest BCUT2D eigenvalue weighted by Gasteiger charge is -2.08. The number of Topliss-reactive ketones (excluding diaryl/α,β-unsaturated/α-hetero) is 1. The summed E-state index contributed by atoms with van der Waals surface area (Å²) in [7, 11) is 0. The van der Waals surface area contributed by atoms with Gasteiger partial charge in [-0.3, -0.25) is 4.79 Å². The predicted octanol–water partition coefficient (Wildman–Crippen LogP) is 1.53. The first-order valence-corrected chi connectivity index (χ1v) is 3.26. The number of ketones is 1. The molecule has 0 bridgehead atoms. The Hall–Kier alpha value is 0.0200. The summed E-state index contributed by atoms with van der Waals surface area (Å²) in [6.45, 7) is 5.54. The van der Waals surface area contributed by atoms with E-state index in [-0.39, 0.29) is 11.0 Å². The van der Waals surface area contributed by atoms with E-state index in [1.165, 1.54) is 0 Å². The van der Waals surface area contributed by atoms with Crippen molar-refractivity contribution in [2.45, 2.75) is 26.0 Å². The third-order valence-electron chi connectivity index (χ3n) is 1.05. The zero-order valence-corrected chi connectivity index (χ0v) is 6.40. The lowest BCUT2D eigenvalue weighted by Crippen LogP contribution is -2.16. The standard InChI is InChI=1S/C6H12OS/c1-4(2)6(8)5(3)7/h4,6,8H,1-3H3/t6-/m0/s1. The summed E-state index contributed by atoms with van der Waals surface area (Å²) in [4.78, 5) is 10.5. The molecule has 48 valence electrons. The zero-order valence-electron chi connectivity index (χ0n) is 5.51. The Bertz CT molecular complexity index is 88.5. The molecule has 0 radical (unpaired) electrons. The highest BCUT2D eigenvalue weighted by molar-refractivity contribution is 7.81. The fourth-order valence-electron chi connectivity index (χ4n) is 0.469. The molecule has 1 atom stereocenters. The fourth-order valence-corrected chi connectivity index (χ4v) is 0.469. The van der Waals surface area contributed by atoms with Crippen LogP contribution in [0.4, 0.5) is 0 Å². The Kier molecular flexibility index (Phi) is 3.13. The van der Waals surface area contributed by atoms with Gasteiger partial charge in [-0.05, 0) is 12.8 Å². The van der Waals surface area contributed by atoms with Gasteiger partial charge in [-0.15, -0.1) is 0 Å². The van der Waals surface area contributed by atoms with E-state index in [2.05, 4.69) is 12.6 Å². The first kappa shape index (κ1) is 8.02.